The maximum Gasteiger partial charge on any atom is 0.252 e. The van der Waals surface area contributed by atoms with Gasteiger partial charge in [-0.15, -0.1) is 5.10 Å². The van der Waals surface area contributed by atoms with Gasteiger partial charge in [-0.3, -0.25) is 9.69 Å². The molecule has 0 aliphatic heterocycles. The summed E-state index contributed by atoms with van der Waals surface area (Å²) >= 11 is 0. The van der Waals surface area contributed by atoms with E-state index in [-0.39, 0.29) is 11.6 Å². The van der Waals surface area contributed by atoms with Crippen LogP contribution in [0.1, 0.15) is 86.5 Å². The van der Waals surface area contributed by atoms with Crippen molar-refractivity contribution in [2.24, 2.45) is 0 Å². The van der Waals surface area contributed by atoms with E-state index in [1.54, 1.807) is 0 Å². The molecule has 0 saturated heterocycles. The van der Waals surface area contributed by atoms with Crippen LogP contribution in [0.5, 0.6) is 0 Å². The number of hydrogen-bond donors (Lipinski definition) is 1. The van der Waals surface area contributed by atoms with E-state index in [2.05, 4.69) is 86.4 Å². The SMILES string of the molecule is CCC[C@H](c1nnnn1C1CCCCC1)N(CCc1ccccc1)Cc1cc2cc(C)ccc2[nH]c1=O. The molecule has 0 spiro atoms. The van der Waals surface area contributed by atoms with E-state index in [9.17, 15) is 4.79 Å². The summed E-state index contributed by atoms with van der Waals surface area (Å²) in [4.78, 5) is 18.7. The third kappa shape index (κ3) is 5.99. The highest BCUT2D eigenvalue weighted by molar-refractivity contribution is 5.79. The second-order valence-corrected chi connectivity index (χ2v) is 10.5. The molecule has 1 fully saturated rings. The first-order chi connectivity index (χ1) is 18.1. The van der Waals surface area contributed by atoms with Gasteiger partial charge in [-0.05, 0) is 72.2 Å². The highest BCUT2D eigenvalue weighted by atomic mass is 16.1. The second kappa shape index (κ2) is 11.8. The monoisotopic (exact) mass is 498 g/mol. The third-order valence-corrected chi connectivity index (χ3v) is 7.72. The minimum absolute atomic E-state index is 0.0248. The molecule has 0 amide bonds. The topological polar surface area (TPSA) is 79.7 Å². The molecule has 1 aliphatic carbocycles. The first kappa shape index (κ1) is 25.3. The van der Waals surface area contributed by atoms with Crippen LogP contribution >= 0.6 is 0 Å². The second-order valence-electron chi connectivity index (χ2n) is 10.5. The molecule has 0 radical (unpaired) electrons. The predicted octanol–water partition coefficient (Wildman–Crippen LogP) is 5.91. The first-order valence-electron chi connectivity index (χ1n) is 13.8. The van der Waals surface area contributed by atoms with Crippen molar-refractivity contribution < 1.29 is 0 Å². The molecule has 7 nitrogen and oxygen atoms in total. The number of aromatic amines is 1. The minimum Gasteiger partial charge on any atom is -0.322 e. The first-order valence-corrected chi connectivity index (χ1v) is 13.8. The molecular weight excluding hydrogens is 460 g/mol. The van der Waals surface area contributed by atoms with Crippen LogP contribution in [0.15, 0.2) is 59.4 Å². The number of aromatic nitrogens is 5. The van der Waals surface area contributed by atoms with Gasteiger partial charge < -0.3 is 4.98 Å². The van der Waals surface area contributed by atoms with E-state index >= 15 is 0 Å². The van der Waals surface area contributed by atoms with Crippen LogP contribution in [0, 0.1) is 6.92 Å². The predicted molar refractivity (Wildman–Crippen MR) is 147 cm³/mol. The Balaban J connectivity index is 1.50. The molecule has 37 heavy (non-hydrogen) atoms. The van der Waals surface area contributed by atoms with E-state index in [1.807, 2.05) is 12.1 Å². The Morgan fingerprint density at radius 1 is 1.08 bits per heavy atom. The number of nitrogens with one attached hydrogen (secondary N) is 1. The zero-order valence-electron chi connectivity index (χ0n) is 22.1. The zero-order chi connectivity index (χ0) is 25.6. The number of hydrogen-bond acceptors (Lipinski definition) is 5. The summed E-state index contributed by atoms with van der Waals surface area (Å²) in [5.74, 6) is 0.940. The number of pyridine rings is 1. The molecule has 0 bridgehead atoms. The van der Waals surface area contributed by atoms with Crippen molar-refractivity contribution in [1.82, 2.24) is 30.1 Å². The van der Waals surface area contributed by atoms with Crippen LogP contribution < -0.4 is 5.56 Å². The van der Waals surface area contributed by atoms with Gasteiger partial charge in [-0.25, -0.2) is 4.68 Å². The van der Waals surface area contributed by atoms with Gasteiger partial charge in [0, 0.05) is 24.2 Å². The lowest BCUT2D eigenvalue weighted by atomic mass is 9.95. The molecule has 1 aliphatic rings. The fourth-order valence-corrected chi connectivity index (χ4v) is 5.72. The fraction of sp³-hybridized carbons (Fsp3) is 0.467. The molecule has 2 aromatic heterocycles. The Labute approximate surface area is 218 Å². The van der Waals surface area contributed by atoms with Crippen LogP contribution in [0.3, 0.4) is 0 Å². The summed E-state index contributed by atoms with van der Waals surface area (Å²) in [7, 11) is 0. The Hall–Kier alpha value is -3.32. The number of tetrazole rings is 1. The van der Waals surface area contributed by atoms with E-state index in [0.29, 0.717) is 12.6 Å². The summed E-state index contributed by atoms with van der Waals surface area (Å²) < 4.78 is 2.10. The van der Waals surface area contributed by atoms with Crippen molar-refractivity contribution >= 4 is 10.9 Å². The lowest BCUT2D eigenvalue weighted by Gasteiger charge is -2.32. The zero-order valence-corrected chi connectivity index (χ0v) is 22.1. The Morgan fingerprint density at radius 2 is 1.89 bits per heavy atom. The van der Waals surface area contributed by atoms with Crippen molar-refractivity contribution in [2.75, 3.05) is 6.54 Å². The summed E-state index contributed by atoms with van der Waals surface area (Å²) in [6.45, 7) is 5.66. The molecular formula is C30H38N6O. The Kier molecular flexibility index (Phi) is 8.09. The van der Waals surface area contributed by atoms with Crippen molar-refractivity contribution in [1.29, 1.82) is 0 Å². The van der Waals surface area contributed by atoms with Crippen LogP contribution in [-0.2, 0) is 13.0 Å². The summed E-state index contributed by atoms with van der Waals surface area (Å²) in [5.41, 5.74) is 4.10. The van der Waals surface area contributed by atoms with Gasteiger partial charge in [0.25, 0.3) is 5.56 Å². The molecule has 4 aromatic rings. The molecule has 1 saturated carbocycles. The van der Waals surface area contributed by atoms with E-state index in [0.717, 1.165) is 60.9 Å². The van der Waals surface area contributed by atoms with Gasteiger partial charge >= 0.3 is 0 Å². The molecule has 1 N–H and O–H groups in total. The normalized spacial score (nSPS) is 15.4. The average Bonchev–Trinajstić information content (AvgIpc) is 3.41. The third-order valence-electron chi connectivity index (χ3n) is 7.72. The smallest absolute Gasteiger partial charge is 0.252 e. The van der Waals surface area contributed by atoms with E-state index < -0.39 is 0 Å². The van der Waals surface area contributed by atoms with Crippen LogP contribution in [0.2, 0.25) is 0 Å². The van der Waals surface area contributed by atoms with Crippen LogP contribution in [0.25, 0.3) is 10.9 Å². The summed E-state index contributed by atoms with van der Waals surface area (Å²) in [6, 6.07) is 19.2. The number of H-pyrrole nitrogens is 1. The van der Waals surface area contributed by atoms with Gasteiger partial charge in [0.2, 0.25) is 0 Å². The van der Waals surface area contributed by atoms with Crippen molar-refractivity contribution in [3.63, 3.8) is 0 Å². The standard InChI is InChI=1S/C30H38N6O/c1-3-10-28(29-32-33-34-36(29)26-13-8-5-9-14-26)35(18-17-23-11-6-4-7-12-23)21-25-20-24-19-22(2)15-16-27(24)31-30(25)37/h4,6-7,11-12,15-16,19-20,26,28H,3,5,8-10,13-14,17-18,21H2,1-2H3,(H,31,37)/t28-/m1/s1. The molecule has 7 heteroatoms. The Bertz CT molecular complexity index is 1360. The maximum atomic E-state index is 13.2. The van der Waals surface area contributed by atoms with Crippen molar-refractivity contribution in [2.45, 2.75) is 83.8 Å². The summed E-state index contributed by atoms with van der Waals surface area (Å²) in [6.07, 6.45) is 8.85. The van der Waals surface area contributed by atoms with Crippen molar-refractivity contribution in [3.05, 3.63) is 87.5 Å². The number of nitrogens with zero attached hydrogens (tertiary/aromatic N) is 5. The molecule has 5 rings (SSSR count). The maximum absolute atomic E-state index is 13.2. The van der Waals surface area contributed by atoms with E-state index in [1.165, 1.54) is 30.4 Å². The summed E-state index contributed by atoms with van der Waals surface area (Å²) in [5, 5.41) is 14.3. The average molecular weight is 499 g/mol. The minimum atomic E-state index is -0.0248. The van der Waals surface area contributed by atoms with Gasteiger partial charge in [-0.2, -0.15) is 0 Å². The molecule has 2 heterocycles. The molecule has 0 unspecified atom stereocenters. The van der Waals surface area contributed by atoms with Gasteiger partial charge in [0.05, 0.1) is 12.1 Å². The van der Waals surface area contributed by atoms with E-state index in [4.69, 9.17) is 0 Å². The van der Waals surface area contributed by atoms with Crippen molar-refractivity contribution in [3.8, 4) is 0 Å². The lowest BCUT2D eigenvalue weighted by molar-refractivity contribution is 0.160. The highest BCUT2D eigenvalue weighted by Gasteiger charge is 2.29. The fourth-order valence-electron chi connectivity index (χ4n) is 5.72. The molecule has 194 valence electrons. The van der Waals surface area contributed by atoms with Crippen LogP contribution in [-0.4, -0.2) is 36.6 Å². The Morgan fingerprint density at radius 3 is 2.68 bits per heavy atom. The van der Waals surface area contributed by atoms with Crippen LogP contribution in [0.4, 0.5) is 0 Å². The number of rotatable bonds is 10. The lowest BCUT2D eigenvalue weighted by Crippen LogP contribution is -2.35. The van der Waals surface area contributed by atoms with Gasteiger partial charge in [-0.1, -0.05) is 74.6 Å². The highest BCUT2D eigenvalue weighted by Crippen LogP contribution is 2.32. The molecule has 1 atom stereocenters. The quantitative estimate of drug-likeness (QED) is 0.294. The number of benzene rings is 2. The largest absolute Gasteiger partial charge is 0.322 e. The van der Waals surface area contributed by atoms with Gasteiger partial charge in [0.15, 0.2) is 5.82 Å². The van der Waals surface area contributed by atoms with Gasteiger partial charge in [0.1, 0.15) is 0 Å². The number of aryl methyl sites for hydroxylation is 1. The molecule has 2 aromatic carbocycles. The number of fused-ring (bicyclic) bond motifs is 1.